The van der Waals surface area contributed by atoms with E-state index < -0.39 is 0 Å². The molecule has 1 aromatic heterocycles. The van der Waals surface area contributed by atoms with E-state index in [1.54, 1.807) is 24.3 Å². The van der Waals surface area contributed by atoms with Crippen LogP contribution in [0.4, 0.5) is 0 Å². The number of hydrogen-bond donors (Lipinski definition) is 1. The molecule has 16 heavy (non-hydrogen) atoms. The minimum Gasteiger partial charge on any atom is -0.267 e. The maximum atomic E-state index is 11.9. The van der Waals surface area contributed by atoms with Crippen molar-refractivity contribution in [1.82, 2.24) is 9.78 Å². The van der Waals surface area contributed by atoms with E-state index in [9.17, 15) is 9.59 Å². The SMILES string of the molecule is O=c1[nH]n(-c2ccccc2)c(=O)c(Br)c1Br. The number of H-pyrrole nitrogens is 1. The third-order valence-corrected chi connectivity index (χ3v) is 4.04. The monoisotopic (exact) mass is 344 g/mol. The average molecular weight is 346 g/mol. The number of hydrogen-bond acceptors (Lipinski definition) is 2. The molecule has 2 rings (SSSR count). The molecule has 0 fully saturated rings. The van der Waals surface area contributed by atoms with Crippen molar-refractivity contribution in [2.45, 2.75) is 0 Å². The maximum Gasteiger partial charge on any atom is 0.285 e. The Bertz CT molecular complexity index is 632. The Labute approximate surface area is 107 Å². The van der Waals surface area contributed by atoms with Gasteiger partial charge in [-0.2, -0.15) is 0 Å². The molecule has 0 radical (unpaired) electrons. The standard InChI is InChI=1S/C10H6Br2N2O2/c11-7-8(12)10(16)14(13-9(7)15)6-4-2-1-3-5-6/h1-5H,(H,13,15). The molecule has 2 aromatic rings. The van der Waals surface area contributed by atoms with E-state index in [0.717, 1.165) is 0 Å². The van der Waals surface area contributed by atoms with Gasteiger partial charge in [0.2, 0.25) is 0 Å². The Morgan fingerprint density at radius 3 is 2.25 bits per heavy atom. The fourth-order valence-corrected chi connectivity index (χ4v) is 1.87. The first-order valence-corrected chi connectivity index (χ1v) is 5.95. The van der Waals surface area contributed by atoms with Crippen molar-refractivity contribution in [3.05, 3.63) is 60.0 Å². The van der Waals surface area contributed by atoms with Gasteiger partial charge < -0.3 is 0 Å². The second-order valence-electron chi connectivity index (χ2n) is 3.05. The van der Waals surface area contributed by atoms with E-state index in [2.05, 4.69) is 37.0 Å². The molecular weight excluding hydrogens is 340 g/mol. The fourth-order valence-electron chi connectivity index (χ4n) is 1.25. The van der Waals surface area contributed by atoms with Gasteiger partial charge in [0.25, 0.3) is 11.1 Å². The number of para-hydroxylation sites is 1. The smallest absolute Gasteiger partial charge is 0.267 e. The maximum absolute atomic E-state index is 11.9. The largest absolute Gasteiger partial charge is 0.285 e. The van der Waals surface area contributed by atoms with Gasteiger partial charge in [-0.15, -0.1) is 0 Å². The number of benzene rings is 1. The molecule has 0 aliphatic heterocycles. The van der Waals surface area contributed by atoms with E-state index >= 15 is 0 Å². The normalized spacial score (nSPS) is 10.4. The van der Waals surface area contributed by atoms with Crippen molar-refractivity contribution in [2.24, 2.45) is 0 Å². The molecule has 4 nitrogen and oxygen atoms in total. The second kappa shape index (κ2) is 4.39. The van der Waals surface area contributed by atoms with Crippen molar-refractivity contribution in [1.29, 1.82) is 0 Å². The van der Waals surface area contributed by atoms with Gasteiger partial charge in [0.15, 0.2) is 0 Å². The molecule has 82 valence electrons. The minimum atomic E-state index is -0.365. The summed E-state index contributed by atoms with van der Waals surface area (Å²) in [7, 11) is 0. The van der Waals surface area contributed by atoms with E-state index in [1.807, 2.05) is 6.07 Å². The first-order valence-electron chi connectivity index (χ1n) is 4.37. The van der Waals surface area contributed by atoms with Crippen LogP contribution in [0.5, 0.6) is 0 Å². The average Bonchev–Trinajstić information content (AvgIpc) is 2.32. The molecular formula is C10H6Br2N2O2. The Morgan fingerprint density at radius 1 is 1.00 bits per heavy atom. The zero-order chi connectivity index (χ0) is 11.7. The molecule has 0 aliphatic carbocycles. The number of aromatic nitrogens is 2. The molecule has 6 heteroatoms. The first kappa shape index (κ1) is 11.3. The van der Waals surface area contributed by atoms with Gasteiger partial charge in [-0.05, 0) is 44.0 Å². The number of rotatable bonds is 1. The summed E-state index contributed by atoms with van der Waals surface area (Å²) in [6.45, 7) is 0. The Kier molecular flexibility index (Phi) is 3.11. The van der Waals surface area contributed by atoms with Gasteiger partial charge >= 0.3 is 0 Å². The fraction of sp³-hybridized carbons (Fsp3) is 0. The molecule has 1 heterocycles. The van der Waals surface area contributed by atoms with Crippen LogP contribution >= 0.6 is 31.9 Å². The summed E-state index contributed by atoms with van der Waals surface area (Å²) in [6.07, 6.45) is 0. The molecule has 0 saturated carbocycles. The lowest BCUT2D eigenvalue weighted by molar-refractivity contribution is 0.774. The van der Waals surface area contributed by atoms with Gasteiger partial charge in [-0.25, -0.2) is 4.68 Å². The molecule has 0 amide bonds. The van der Waals surface area contributed by atoms with Crippen LogP contribution in [0, 0.1) is 0 Å². The van der Waals surface area contributed by atoms with E-state index in [-0.39, 0.29) is 20.1 Å². The molecule has 0 saturated heterocycles. The highest BCUT2D eigenvalue weighted by molar-refractivity contribution is 9.13. The van der Waals surface area contributed by atoms with Crippen molar-refractivity contribution >= 4 is 31.9 Å². The van der Waals surface area contributed by atoms with E-state index in [1.165, 1.54) is 4.68 Å². The summed E-state index contributed by atoms with van der Waals surface area (Å²) in [5, 5.41) is 2.47. The summed E-state index contributed by atoms with van der Waals surface area (Å²) in [4.78, 5) is 23.4. The molecule has 0 bridgehead atoms. The Balaban J connectivity index is 2.78. The van der Waals surface area contributed by atoms with Gasteiger partial charge in [0.1, 0.15) is 8.95 Å². The number of nitrogens with zero attached hydrogens (tertiary/aromatic N) is 1. The van der Waals surface area contributed by atoms with Crippen LogP contribution in [0.25, 0.3) is 5.69 Å². The Morgan fingerprint density at radius 2 is 1.62 bits per heavy atom. The van der Waals surface area contributed by atoms with Crippen LogP contribution in [-0.4, -0.2) is 9.78 Å². The van der Waals surface area contributed by atoms with Crippen LogP contribution in [0.1, 0.15) is 0 Å². The predicted octanol–water partition coefficient (Wildman–Crippen LogP) is 2.05. The second-order valence-corrected chi connectivity index (χ2v) is 4.63. The lowest BCUT2D eigenvalue weighted by atomic mass is 10.3. The third-order valence-electron chi connectivity index (χ3n) is 2.01. The molecule has 0 atom stereocenters. The van der Waals surface area contributed by atoms with Crippen LogP contribution < -0.4 is 11.1 Å². The van der Waals surface area contributed by atoms with E-state index in [0.29, 0.717) is 5.69 Å². The topological polar surface area (TPSA) is 54.9 Å². The van der Waals surface area contributed by atoms with Gasteiger partial charge in [-0.3, -0.25) is 14.7 Å². The lowest BCUT2D eigenvalue weighted by Gasteiger charge is -2.05. The van der Waals surface area contributed by atoms with Crippen molar-refractivity contribution in [3.8, 4) is 5.69 Å². The summed E-state index contributed by atoms with van der Waals surface area (Å²) in [5.74, 6) is 0. The summed E-state index contributed by atoms with van der Waals surface area (Å²) < 4.78 is 1.60. The van der Waals surface area contributed by atoms with Crippen LogP contribution in [0.3, 0.4) is 0 Å². The molecule has 0 unspecified atom stereocenters. The van der Waals surface area contributed by atoms with Crippen LogP contribution in [0.2, 0.25) is 0 Å². The van der Waals surface area contributed by atoms with Gasteiger partial charge in [0, 0.05) is 0 Å². The zero-order valence-corrected chi connectivity index (χ0v) is 11.1. The third kappa shape index (κ3) is 1.90. The molecule has 1 N–H and O–H groups in total. The van der Waals surface area contributed by atoms with Crippen molar-refractivity contribution < 1.29 is 0 Å². The first-order chi connectivity index (χ1) is 7.61. The highest BCUT2D eigenvalue weighted by Gasteiger charge is 2.10. The Hall–Kier alpha value is -1.14. The zero-order valence-electron chi connectivity index (χ0n) is 7.91. The molecule has 0 aliphatic rings. The summed E-state index contributed by atoms with van der Waals surface area (Å²) >= 11 is 6.11. The summed E-state index contributed by atoms with van der Waals surface area (Å²) in [6, 6.07) is 8.88. The predicted molar refractivity (Wildman–Crippen MR) is 68.1 cm³/mol. The number of nitrogens with one attached hydrogen (secondary N) is 1. The highest BCUT2D eigenvalue weighted by Crippen LogP contribution is 2.13. The number of aromatic amines is 1. The van der Waals surface area contributed by atoms with Crippen molar-refractivity contribution in [2.75, 3.05) is 0 Å². The highest BCUT2D eigenvalue weighted by atomic mass is 79.9. The quantitative estimate of drug-likeness (QED) is 0.860. The minimum absolute atomic E-state index is 0.199. The number of halogens is 2. The summed E-state index contributed by atoms with van der Waals surface area (Å²) in [5.41, 5.74) is -0.0780. The van der Waals surface area contributed by atoms with Crippen LogP contribution in [0.15, 0.2) is 48.9 Å². The van der Waals surface area contributed by atoms with E-state index in [4.69, 9.17) is 0 Å². The van der Waals surface area contributed by atoms with Crippen LogP contribution in [-0.2, 0) is 0 Å². The molecule has 0 spiro atoms. The van der Waals surface area contributed by atoms with Crippen molar-refractivity contribution in [3.63, 3.8) is 0 Å². The van der Waals surface area contributed by atoms with Gasteiger partial charge in [-0.1, -0.05) is 18.2 Å². The van der Waals surface area contributed by atoms with Gasteiger partial charge in [0.05, 0.1) is 5.69 Å². The molecule has 1 aromatic carbocycles. The lowest BCUT2D eigenvalue weighted by Crippen LogP contribution is -2.29.